The van der Waals surface area contributed by atoms with E-state index in [2.05, 4.69) is 17.2 Å². The largest absolute Gasteiger partial charge is 0.389 e. The molecule has 0 bridgehead atoms. The predicted octanol–water partition coefficient (Wildman–Crippen LogP) is -1.33. The Balaban J connectivity index is 2.25. The van der Waals surface area contributed by atoms with Crippen LogP contribution in [0.5, 0.6) is 0 Å². The first-order chi connectivity index (χ1) is 18.8. The molecule has 4 N–H and O–H groups in total. The van der Waals surface area contributed by atoms with Crippen molar-refractivity contribution in [3.63, 3.8) is 0 Å². The van der Waals surface area contributed by atoms with E-state index in [1.165, 1.54) is 6.92 Å². The van der Waals surface area contributed by atoms with Crippen molar-refractivity contribution in [1.82, 2.24) is 15.5 Å². The van der Waals surface area contributed by atoms with Crippen LogP contribution in [0.2, 0.25) is 0 Å². The Morgan fingerprint density at radius 1 is 1.00 bits per heavy atom. The molecule has 1 aliphatic heterocycles. The van der Waals surface area contributed by atoms with Crippen molar-refractivity contribution in [2.24, 2.45) is 0 Å². The highest BCUT2D eigenvalue weighted by atomic mass is 16.8. The van der Waals surface area contributed by atoms with Gasteiger partial charge in [-0.1, -0.05) is 6.58 Å². The zero-order valence-electron chi connectivity index (χ0n) is 24.9. The minimum atomic E-state index is -0.702. The van der Waals surface area contributed by atoms with E-state index in [1.54, 1.807) is 6.92 Å². The van der Waals surface area contributed by atoms with Gasteiger partial charge in [-0.2, -0.15) is 0 Å². The van der Waals surface area contributed by atoms with Crippen LogP contribution in [0, 0.1) is 0 Å². The van der Waals surface area contributed by atoms with Crippen molar-refractivity contribution in [2.75, 3.05) is 93.4 Å². The summed E-state index contributed by atoms with van der Waals surface area (Å²) < 4.78 is 22.8. The molecule has 1 fully saturated rings. The number of nitrogens with zero attached hydrogens (tertiary/aromatic N) is 2. The number of hydrogen-bond donors (Lipinski definition) is 4. The summed E-state index contributed by atoms with van der Waals surface area (Å²) in [6.07, 6.45) is -0.669. The van der Waals surface area contributed by atoms with E-state index in [0.29, 0.717) is 62.4 Å². The Morgan fingerprint density at radius 2 is 1.57 bits per heavy atom. The van der Waals surface area contributed by atoms with Gasteiger partial charge in [0.05, 0.1) is 53.2 Å². The van der Waals surface area contributed by atoms with Gasteiger partial charge in [-0.05, 0) is 26.9 Å². The van der Waals surface area contributed by atoms with Gasteiger partial charge in [-0.3, -0.25) is 14.4 Å². The highest BCUT2D eigenvalue weighted by molar-refractivity contribution is 6.35. The molecule has 0 radical (unpaired) electrons. The zero-order chi connectivity index (χ0) is 30.1. The number of ketones is 1. The number of ether oxygens (including phenoxy) is 4. The quantitative estimate of drug-likeness (QED) is 0.0357. The van der Waals surface area contributed by atoms with Crippen molar-refractivity contribution >= 4 is 17.6 Å². The van der Waals surface area contributed by atoms with E-state index in [9.17, 15) is 24.6 Å². The first-order valence-corrected chi connectivity index (χ1v) is 13.8. The Hall–Kier alpha value is -1.97. The van der Waals surface area contributed by atoms with Crippen LogP contribution in [0.15, 0.2) is 12.2 Å². The minimum absolute atomic E-state index is 0.119. The number of hydrogen-bond acceptors (Lipinski definition) is 10. The van der Waals surface area contributed by atoms with Crippen LogP contribution >= 0.6 is 0 Å². The maximum Gasteiger partial charge on any atom is 0.287 e. The third-order valence-electron chi connectivity index (χ3n) is 6.04. The number of carbonyl (C=O) groups is 3. The van der Waals surface area contributed by atoms with Crippen molar-refractivity contribution in [1.29, 1.82) is 0 Å². The lowest BCUT2D eigenvalue weighted by Gasteiger charge is -2.32. The molecule has 232 valence electrons. The van der Waals surface area contributed by atoms with Gasteiger partial charge in [0.15, 0.2) is 6.29 Å². The van der Waals surface area contributed by atoms with Gasteiger partial charge in [0.1, 0.15) is 25.4 Å². The standard InChI is InChI=1S/C27H50N4O9/c1-20(2)26(35)28-9-7-11-30(4)13-22(33)15-37-17-24(40-25-19-39-25)18-38-16-23(34)14-31(5,6)12-8-10-29-27(36)21(3)32/h22-25,33-34H,1,7-19H2,2-6H3,(H-,28,29,35,36)/p+1. The monoisotopic (exact) mass is 575 g/mol. The Bertz CT molecular complexity index is 792. The summed E-state index contributed by atoms with van der Waals surface area (Å²) in [6.45, 7) is 10.9. The van der Waals surface area contributed by atoms with Gasteiger partial charge in [0, 0.05) is 38.6 Å². The molecule has 0 aromatic heterocycles. The van der Waals surface area contributed by atoms with Crippen LogP contribution in [0.1, 0.15) is 26.7 Å². The molecule has 4 unspecified atom stereocenters. The van der Waals surface area contributed by atoms with Gasteiger partial charge >= 0.3 is 0 Å². The van der Waals surface area contributed by atoms with E-state index < -0.39 is 30.0 Å². The fraction of sp³-hybridized carbons (Fsp3) is 0.815. The maximum atomic E-state index is 11.5. The van der Waals surface area contributed by atoms with Crippen LogP contribution in [0.3, 0.4) is 0 Å². The first kappa shape index (κ1) is 36.1. The average molecular weight is 576 g/mol. The number of amides is 2. The van der Waals surface area contributed by atoms with Crippen LogP contribution in [0.4, 0.5) is 0 Å². The second kappa shape index (κ2) is 19.2. The second-order valence-electron chi connectivity index (χ2n) is 11.1. The van der Waals surface area contributed by atoms with Crippen molar-refractivity contribution < 1.29 is 48.0 Å². The summed E-state index contributed by atoms with van der Waals surface area (Å²) in [7, 11) is 5.85. The average Bonchev–Trinajstić information content (AvgIpc) is 3.67. The summed E-state index contributed by atoms with van der Waals surface area (Å²) >= 11 is 0. The van der Waals surface area contributed by atoms with Gasteiger partial charge in [-0.25, -0.2) is 0 Å². The van der Waals surface area contributed by atoms with Gasteiger partial charge in [0.2, 0.25) is 11.7 Å². The molecule has 1 aliphatic rings. The summed E-state index contributed by atoms with van der Waals surface area (Å²) in [5.41, 5.74) is 0.476. The number of aliphatic hydroxyl groups is 2. The lowest BCUT2D eigenvalue weighted by molar-refractivity contribution is -0.893. The molecular formula is C27H51N4O9+. The van der Waals surface area contributed by atoms with Crippen LogP contribution < -0.4 is 10.6 Å². The number of Topliss-reactive ketones (excluding diaryl/α,β-unsaturated/α-hetero) is 1. The SMILES string of the molecule is C=C(C)C(=O)NCCCN(C)CC(O)COCC(COCC(O)C[N+](C)(C)CCCNC(=O)C(C)=O)OC1CO1. The predicted molar refractivity (Wildman–Crippen MR) is 148 cm³/mol. The molecule has 0 aliphatic carbocycles. The van der Waals surface area contributed by atoms with Crippen molar-refractivity contribution in [2.45, 2.75) is 51.3 Å². The van der Waals surface area contributed by atoms with Crippen molar-refractivity contribution in [3.8, 4) is 0 Å². The first-order valence-electron chi connectivity index (χ1n) is 13.8. The molecule has 13 heteroatoms. The summed E-state index contributed by atoms with van der Waals surface area (Å²) in [6, 6.07) is 0. The third kappa shape index (κ3) is 18.4. The number of epoxide rings is 1. The highest BCUT2D eigenvalue weighted by Crippen LogP contribution is 2.14. The van der Waals surface area contributed by atoms with Crippen LogP contribution in [0.25, 0.3) is 0 Å². The minimum Gasteiger partial charge on any atom is -0.389 e. The normalized spacial score (nSPS) is 17.2. The molecule has 13 nitrogen and oxygen atoms in total. The Labute approximate surface area is 238 Å². The van der Waals surface area contributed by atoms with E-state index >= 15 is 0 Å². The number of rotatable bonds is 24. The lowest BCUT2D eigenvalue weighted by atomic mass is 10.2. The van der Waals surface area contributed by atoms with Crippen LogP contribution in [-0.2, 0) is 33.3 Å². The molecule has 40 heavy (non-hydrogen) atoms. The van der Waals surface area contributed by atoms with E-state index in [4.69, 9.17) is 18.9 Å². The number of carbonyl (C=O) groups excluding carboxylic acids is 3. The highest BCUT2D eigenvalue weighted by Gasteiger charge is 2.28. The topological polar surface area (TPSA) is 159 Å². The molecule has 4 atom stereocenters. The number of quaternary nitrogens is 1. The molecule has 0 spiro atoms. The Kier molecular flexibility index (Phi) is 17.3. The summed E-state index contributed by atoms with van der Waals surface area (Å²) in [5.74, 6) is -1.26. The Morgan fingerprint density at radius 3 is 2.15 bits per heavy atom. The van der Waals surface area contributed by atoms with Crippen molar-refractivity contribution in [3.05, 3.63) is 12.2 Å². The number of likely N-dealkylation sites (N-methyl/N-ethyl adjacent to an activating group) is 2. The molecule has 0 aromatic carbocycles. The number of aliphatic hydroxyl groups excluding tert-OH is 2. The zero-order valence-corrected chi connectivity index (χ0v) is 24.9. The fourth-order valence-corrected chi connectivity index (χ4v) is 3.88. The van der Waals surface area contributed by atoms with Gasteiger partial charge in [-0.15, -0.1) is 0 Å². The molecular weight excluding hydrogens is 524 g/mol. The van der Waals surface area contributed by atoms with E-state index in [-0.39, 0.29) is 38.6 Å². The maximum absolute atomic E-state index is 11.5. The molecule has 1 heterocycles. The summed E-state index contributed by atoms with van der Waals surface area (Å²) in [5, 5.41) is 26.1. The number of nitrogens with one attached hydrogen (secondary N) is 2. The molecule has 0 aromatic rings. The molecule has 0 saturated carbocycles. The molecule has 2 amide bonds. The lowest BCUT2D eigenvalue weighted by Crippen LogP contribution is -2.48. The third-order valence-corrected chi connectivity index (χ3v) is 6.04. The smallest absolute Gasteiger partial charge is 0.287 e. The van der Waals surface area contributed by atoms with E-state index in [0.717, 1.165) is 6.42 Å². The van der Waals surface area contributed by atoms with Gasteiger partial charge in [0.25, 0.3) is 5.91 Å². The van der Waals surface area contributed by atoms with Crippen LogP contribution in [-0.4, -0.2) is 155 Å². The summed E-state index contributed by atoms with van der Waals surface area (Å²) in [4.78, 5) is 35.8. The van der Waals surface area contributed by atoms with Gasteiger partial charge < -0.3 is 49.2 Å². The fourth-order valence-electron chi connectivity index (χ4n) is 3.88. The van der Waals surface area contributed by atoms with E-state index in [1.807, 2.05) is 26.0 Å². The molecule has 1 rings (SSSR count). The second-order valence-corrected chi connectivity index (χ2v) is 11.1. The molecule has 1 saturated heterocycles.